The number of ether oxygens (including phenoxy) is 1. The first-order valence-corrected chi connectivity index (χ1v) is 14.7. The van der Waals surface area contributed by atoms with Crippen LogP contribution < -0.4 is 10.6 Å². The van der Waals surface area contributed by atoms with Crippen molar-refractivity contribution in [2.75, 3.05) is 23.8 Å². The highest BCUT2D eigenvalue weighted by Crippen LogP contribution is 2.33. The van der Waals surface area contributed by atoms with E-state index in [1.54, 1.807) is 18.3 Å². The van der Waals surface area contributed by atoms with Gasteiger partial charge in [-0.25, -0.2) is 18.4 Å². The Morgan fingerprint density at radius 1 is 0.769 bits per heavy atom. The molecule has 2 fully saturated rings. The quantitative estimate of drug-likeness (QED) is 0.369. The van der Waals surface area contributed by atoms with E-state index in [0.29, 0.717) is 42.4 Å². The minimum Gasteiger partial charge on any atom is -0.381 e. The monoisotopic (exact) mass is 560 g/mol. The van der Waals surface area contributed by atoms with Gasteiger partial charge >= 0.3 is 6.18 Å². The van der Waals surface area contributed by atoms with Crippen LogP contribution in [0, 0.1) is 0 Å². The Morgan fingerprint density at radius 2 is 1.44 bits per heavy atom. The summed E-state index contributed by atoms with van der Waals surface area (Å²) in [7, 11) is -3.51. The third-order valence-corrected chi connectivity index (χ3v) is 9.68. The van der Waals surface area contributed by atoms with Gasteiger partial charge in [0.15, 0.2) is 9.84 Å². The summed E-state index contributed by atoms with van der Waals surface area (Å²) >= 11 is 0. The van der Waals surface area contributed by atoms with Crippen molar-refractivity contribution >= 4 is 21.5 Å². The second kappa shape index (κ2) is 11.5. The van der Waals surface area contributed by atoms with E-state index >= 15 is 0 Å². The zero-order chi connectivity index (χ0) is 27.5. The molecule has 0 radical (unpaired) electrons. The summed E-state index contributed by atoms with van der Waals surface area (Å²) < 4.78 is 70.3. The van der Waals surface area contributed by atoms with Crippen LogP contribution >= 0.6 is 0 Å². The maximum absolute atomic E-state index is 13.3. The first kappa shape index (κ1) is 27.4. The summed E-state index contributed by atoms with van der Waals surface area (Å²) in [5.41, 5.74) is 1.06. The maximum Gasteiger partial charge on any atom is 0.417 e. The van der Waals surface area contributed by atoms with Crippen molar-refractivity contribution in [3.8, 4) is 11.1 Å². The van der Waals surface area contributed by atoms with Crippen molar-refractivity contribution in [3.63, 3.8) is 0 Å². The predicted molar refractivity (Wildman–Crippen MR) is 143 cm³/mol. The second-order valence-electron chi connectivity index (χ2n) is 10.1. The van der Waals surface area contributed by atoms with Crippen LogP contribution in [0.25, 0.3) is 11.1 Å². The number of sulfone groups is 1. The lowest BCUT2D eigenvalue weighted by Gasteiger charge is -2.29. The number of nitrogens with one attached hydrogen (secondary N) is 2. The van der Waals surface area contributed by atoms with E-state index in [1.165, 1.54) is 6.07 Å². The largest absolute Gasteiger partial charge is 0.417 e. The molecule has 1 saturated carbocycles. The molecular formula is C28H31F3N4O3S. The molecule has 3 aromatic rings. The van der Waals surface area contributed by atoms with E-state index in [9.17, 15) is 21.6 Å². The van der Waals surface area contributed by atoms with Crippen molar-refractivity contribution in [3.05, 3.63) is 66.5 Å². The number of alkyl halides is 3. The molecule has 0 bridgehead atoms. The van der Waals surface area contributed by atoms with Crippen LogP contribution in [0.5, 0.6) is 0 Å². The van der Waals surface area contributed by atoms with Crippen LogP contribution in [0.15, 0.2) is 65.8 Å². The normalized spacial score (nSPS) is 20.9. The SMILES string of the molecule is O=S(=O)(c1ccc(-c2ccnc(NC3CCOCC3)c2)cc1)C1CCC(Nc2ccc(C(F)(F)F)cn2)CC1. The van der Waals surface area contributed by atoms with Gasteiger partial charge in [0.1, 0.15) is 11.6 Å². The highest BCUT2D eigenvalue weighted by atomic mass is 32.2. The molecule has 1 saturated heterocycles. The topological polar surface area (TPSA) is 93.2 Å². The first-order chi connectivity index (χ1) is 18.7. The van der Waals surface area contributed by atoms with Crippen LogP contribution in [0.4, 0.5) is 24.8 Å². The summed E-state index contributed by atoms with van der Waals surface area (Å²) in [5, 5.41) is 6.09. The summed E-state index contributed by atoms with van der Waals surface area (Å²) in [6.45, 7) is 1.48. The molecule has 0 spiro atoms. The maximum atomic E-state index is 13.3. The van der Waals surface area contributed by atoms with Crippen molar-refractivity contribution in [2.24, 2.45) is 0 Å². The van der Waals surface area contributed by atoms with Crippen molar-refractivity contribution < 1.29 is 26.3 Å². The van der Waals surface area contributed by atoms with E-state index < -0.39 is 26.8 Å². The molecular weight excluding hydrogens is 529 g/mol. The van der Waals surface area contributed by atoms with Gasteiger partial charge in [0, 0.05) is 37.7 Å². The van der Waals surface area contributed by atoms with Crippen LogP contribution in [0.1, 0.15) is 44.1 Å². The fourth-order valence-electron chi connectivity index (χ4n) is 5.14. The number of rotatable bonds is 7. The molecule has 5 rings (SSSR count). The minimum absolute atomic E-state index is 0.0429. The van der Waals surface area contributed by atoms with Gasteiger partial charge < -0.3 is 15.4 Å². The molecule has 208 valence electrons. The van der Waals surface area contributed by atoms with Crippen molar-refractivity contribution in [2.45, 2.75) is 66.9 Å². The van der Waals surface area contributed by atoms with Crippen LogP contribution in [-0.2, 0) is 20.8 Å². The Morgan fingerprint density at radius 3 is 2.08 bits per heavy atom. The van der Waals surface area contributed by atoms with Gasteiger partial charge in [-0.2, -0.15) is 13.2 Å². The van der Waals surface area contributed by atoms with Gasteiger partial charge in [0.25, 0.3) is 0 Å². The highest BCUT2D eigenvalue weighted by molar-refractivity contribution is 7.92. The predicted octanol–water partition coefficient (Wildman–Crippen LogP) is 5.95. The summed E-state index contributed by atoms with van der Waals surface area (Å²) in [4.78, 5) is 8.57. The van der Waals surface area contributed by atoms with Crippen molar-refractivity contribution in [1.82, 2.24) is 9.97 Å². The second-order valence-corrected chi connectivity index (χ2v) is 12.3. The fourth-order valence-corrected chi connectivity index (χ4v) is 6.94. The number of hydrogen-bond acceptors (Lipinski definition) is 7. The highest BCUT2D eigenvalue weighted by Gasteiger charge is 2.33. The number of benzene rings is 1. The number of nitrogens with zero attached hydrogens (tertiary/aromatic N) is 2. The van der Waals surface area contributed by atoms with Crippen LogP contribution in [-0.4, -0.2) is 48.9 Å². The first-order valence-electron chi connectivity index (χ1n) is 13.1. The molecule has 1 aliphatic heterocycles. The Labute approximate surface area is 226 Å². The molecule has 39 heavy (non-hydrogen) atoms. The Balaban J connectivity index is 1.18. The van der Waals surface area contributed by atoms with Gasteiger partial charge in [-0.05, 0) is 86.1 Å². The molecule has 3 heterocycles. The number of hydrogen-bond donors (Lipinski definition) is 2. The molecule has 2 aromatic heterocycles. The minimum atomic E-state index is -4.43. The summed E-state index contributed by atoms with van der Waals surface area (Å²) in [6.07, 6.45) is 2.09. The summed E-state index contributed by atoms with van der Waals surface area (Å²) in [5.74, 6) is 1.14. The van der Waals surface area contributed by atoms with E-state index in [2.05, 4.69) is 20.6 Å². The van der Waals surface area contributed by atoms with Crippen LogP contribution in [0.2, 0.25) is 0 Å². The third-order valence-electron chi connectivity index (χ3n) is 7.41. The van der Waals surface area contributed by atoms with E-state index in [-0.39, 0.29) is 6.04 Å². The molecule has 2 N–H and O–H groups in total. The average molecular weight is 561 g/mol. The smallest absolute Gasteiger partial charge is 0.381 e. The molecule has 0 amide bonds. The number of pyridine rings is 2. The zero-order valence-electron chi connectivity index (χ0n) is 21.3. The van der Waals surface area contributed by atoms with Gasteiger partial charge in [0.2, 0.25) is 0 Å². The lowest BCUT2D eigenvalue weighted by molar-refractivity contribution is -0.137. The summed E-state index contributed by atoms with van der Waals surface area (Å²) in [6, 6.07) is 13.4. The number of aromatic nitrogens is 2. The zero-order valence-corrected chi connectivity index (χ0v) is 22.1. The van der Waals surface area contributed by atoms with Crippen molar-refractivity contribution in [1.29, 1.82) is 0 Å². The van der Waals surface area contributed by atoms with E-state index in [0.717, 1.165) is 55.3 Å². The molecule has 0 atom stereocenters. The number of halogens is 3. The molecule has 7 nitrogen and oxygen atoms in total. The lowest BCUT2D eigenvalue weighted by Crippen LogP contribution is -2.33. The third kappa shape index (κ3) is 6.70. The molecule has 1 aliphatic carbocycles. The molecule has 2 aliphatic rings. The molecule has 0 unspecified atom stereocenters. The lowest BCUT2D eigenvalue weighted by atomic mass is 9.95. The fraction of sp³-hybridized carbons (Fsp3) is 0.429. The number of anilines is 2. The van der Waals surface area contributed by atoms with Crippen LogP contribution in [0.3, 0.4) is 0 Å². The van der Waals surface area contributed by atoms with Gasteiger partial charge in [-0.1, -0.05) is 12.1 Å². The Hall–Kier alpha value is -3.18. The molecule has 11 heteroatoms. The van der Waals surface area contributed by atoms with Gasteiger partial charge in [0.05, 0.1) is 15.7 Å². The van der Waals surface area contributed by atoms with E-state index in [1.807, 2.05) is 24.3 Å². The average Bonchev–Trinajstić information content (AvgIpc) is 2.94. The standard InChI is InChI=1S/C28H31F3N4O3S/c29-28(30,31)21-3-10-26(33-18-21)34-22-4-8-25(9-5-22)39(36,37)24-6-1-19(2-7-24)20-11-14-32-27(17-20)35-23-12-15-38-16-13-23/h1-3,6-7,10-11,14,17-18,22-23,25H,4-5,8-9,12-13,15-16H2,(H,32,35)(H,33,34). The Kier molecular flexibility index (Phi) is 8.08. The Bertz CT molecular complexity index is 1350. The van der Waals surface area contributed by atoms with Gasteiger partial charge in [-0.3, -0.25) is 0 Å². The molecule has 1 aromatic carbocycles. The van der Waals surface area contributed by atoms with Gasteiger partial charge in [-0.15, -0.1) is 0 Å². The van der Waals surface area contributed by atoms with E-state index in [4.69, 9.17) is 4.74 Å².